The van der Waals surface area contributed by atoms with Crippen LogP contribution in [-0.2, 0) is 0 Å². The fraction of sp³-hybridized carbons (Fsp3) is 0. The molecule has 0 atom stereocenters. The van der Waals surface area contributed by atoms with Crippen molar-refractivity contribution in [3.8, 4) is 16.8 Å². The number of anilines is 3. The fourth-order valence-corrected chi connectivity index (χ4v) is 7.52. The van der Waals surface area contributed by atoms with Gasteiger partial charge in [0.15, 0.2) is 0 Å². The van der Waals surface area contributed by atoms with Gasteiger partial charge in [-0.3, -0.25) is 4.79 Å². The first-order valence-corrected chi connectivity index (χ1v) is 13.3. The van der Waals surface area contributed by atoms with E-state index in [2.05, 4.69) is 107 Å². The Morgan fingerprint density at radius 1 is 0.649 bits per heavy atom. The van der Waals surface area contributed by atoms with Crippen LogP contribution in [0.3, 0.4) is 0 Å². The number of rotatable bonds is 1. The molecule has 4 nitrogen and oxygen atoms in total. The van der Waals surface area contributed by atoms with Crippen LogP contribution in [-0.4, -0.2) is 16.1 Å². The van der Waals surface area contributed by atoms with Gasteiger partial charge in [0, 0.05) is 20.9 Å². The van der Waals surface area contributed by atoms with Gasteiger partial charge in [-0.25, -0.2) is 4.68 Å². The summed E-state index contributed by atoms with van der Waals surface area (Å²) in [4.78, 5) is 18.8. The lowest BCUT2D eigenvalue weighted by Gasteiger charge is -2.39. The van der Waals surface area contributed by atoms with Gasteiger partial charge in [0.25, 0.3) is 5.56 Å². The molecule has 1 aromatic heterocycles. The maximum absolute atomic E-state index is 13.9. The normalized spacial score (nSPS) is 13.8. The van der Waals surface area contributed by atoms with E-state index in [1.165, 1.54) is 32.1 Å². The standard InChI is InChI=1S/C31H18BN3OS/c36-31-21-17-16-20(19-8-2-1-3-9-19)18-26(21)35-32-22-10-6-15-28-30(22)33(23-11-4-5-14-27(23)37-28)24-12-7-13-25(29(24)32)34(31)35/h1-18H. The van der Waals surface area contributed by atoms with Crippen molar-refractivity contribution in [2.45, 2.75) is 9.79 Å². The first-order valence-electron chi connectivity index (χ1n) is 12.5. The number of hydrogen-bond acceptors (Lipinski definition) is 3. The molecule has 0 unspecified atom stereocenters. The molecule has 0 radical (unpaired) electrons. The van der Waals surface area contributed by atoms with Gasteiger partial charge in [-0.2, -0.15) is 0 Å². The Balaban J connectivity index is 1.39. The zero-order valence-corrected chi connectivity index (χ0v) is 20.4. The highest BCUT2D eigenvalue weighted by molar-refractivity contribution is 7.99. The van der Waals surface area contributed by atoms with Crippen LogP contribution in [0.5, 0.6) is 0 Å². The lowest BCUT2D eigenvalue weighted by Crippen LogP contribution is -2.53. The molecular formula is C31H18BN3OS. The summed E-state index contributed by atoms with van der Waals surface area (Å²) >= 11 is 1.82. The largest absolute Gasteiger partial charge is 0.353 e. The molecule has 3 aliphatic rings. The third kappa shape index (κ3) is 2.39. The summed E-state index contributed by atoms with van der Waals surface area (Å²) in [5.74, 6) is 0. The average molecular weight is 491 g/mol. The summed E-state index contributed by atoms with van der Waals surface area (Å²) in [6, 6.07) is 38.2. The first kappa shape index (κ1) is 19.7. The van der Waals surface area contributed by atoms with Crippen molar-refractivity contribution in [3.63, 3.8) is 0 Å². The zero-order chi connectivity index (χ0) is 24.2. The van der Waals surface area contributed by atoms with Crippen LogP contribution < -0.4 is 21.4 Å². The third-order valence-corrected chi connectivity index (χ3v) is 9.03. The molecule has 4 heterocycles. The Morgan fingerprint density at radius 2 is 1.41 bits per heavy atom. The molecule has 0 saturated carbocycles. The van der Waals surface area contributed by atoms with Crippen molar-refractivity contribution in [1.82, 2.24) is 9.27 Å². The number of para-hydroxylation sites is 2. The van der Waals surface area contributed by atoms with Crippen molar-refractivity contribution in [1.29, 1.82) is 0 Å². The van der Waals surface area contributed by atoms with Crippen molar-refractivity contribution in [2.75, 3.05) is 4.90 Å². The maximum Gasteiger partial charge on any atom is 0.353 e. The van der Waals surface area contributed by atoms with Crippen LogP contribution in [0.4, 0.5) is 17.1 Å². The second kappa shape index (κ2) is 6.87. The molecule has 0 N–H and O–H groups in total. The minimum absolute atomic E-state index is 0.0336. The summed E-state index contributed by atoms with van der Waals surface area (Å²) < 4.78 is 4.14. The lowest BCUT2D eigenvalue weighted by molar-refractivity contribution is 0.819. The topological polar surface area (TPSA) is 30.2 Å². The molecule has 9 rings (SSSR count). The Labute approximate surface area is 217 Å². The smallest absolute Gasteiger partial charge is 0.310 e. The Morgan fingerprint density at radius 3 is 2.32 bits per heavy atom. The number of fused-ring (bicyclic) bond motifs is 9. The molecule has 0 saturated heterocycles. The third-order valence-electron chi connectivity index (χ3n) is 7.91. The molecule has 0 bridgehead atoms. The summed E-state index contributed by atoms with van der Waals surface area (Å²) in [5, 5.41) is 0.752. The zero-order valence-electron chi connectivity index (χ0n) is 19.6. The molecule has 3 aliphatic heterocycles. The van der Waals surface area contributed by atoms with Crippen LogP contribution in [0, 0.1) is 0 Å². The van der Waals surface area contributed by atoms with Gasteiger partial charge in [0.05, 0.1) is 28.0 Å². The van der Waals surface area contributed by atoms with Crippen LogP contribution in [0.25, 0.3) is 27.7 Å². The van der Waals surface area contributed by atoms with Crippen LogP contribution in [0.1, 0.15) is 0 Å². The molecule has 6 aromatic rings. The van der Waals surface area contributed by atoms with Gasteiger partial charge in [0.2, 0.25) is 0 Å². The Hall–Kier alpha value is -4.42. The number of hydrogen-bond donors (Lipinski definition) is 0. The van der Waals surface area contributed by atoms with Crippen molar-refractivity contribution in [3.05, 3.63) is 120 Å². The van der Waals surface area contributed by atoms with Crippen molar-refractivity contribution in [2.24, 2.45) is 0 Å². The van der Waals surface area contributed by atoms with E-state index in [0.717, 1.165) is 33.4 Å². The van der Waals surface area contributed by atoms with E-state index in [-0.39, 0.29) is 12.4 Å². The molecule has 5 aromatic carbocycles. The van der Waals surface area contributed by atoms with Crippen molar-refractivity contribution < 1.29 is 0 Å². The second-order valence-corrected chi connectivity index (χ2v) is 10.9. The van der Waals surface area contributed by atoms with E-state index in [1.54, 1.807) is 0 Å². The minimum atomic E-state index is -0.0699. The maximum atomic E-state index is 13.9. The van der Waals surface area contributed by atoms with Gasteiger partial charge in [-0.15, -0.1) is 0 Å². The molecular weight excluding hydrogens is 473 g/mol. The SMILES string of the molecule is O=c1c2ccc(-c3ccccc3)cc2n2n1-c1cccc3c1B2c1cccc2c1N3c1ccccc1S2. The van der Waals surface area contributed by atoms with Gasteiger partial charge >= 0.3 is 6.85 Å². The second-order valence-electron chi connectivity index (χ2n) is 9.77. The van der Waals surface area contributed by atoms with Crippen LogP contribution in [0.15, 0.2) is 124 Å². The van der Waals surface area contributed by atoms with E-state index in [1.807, 2.05) is 28.6 Å². The number of aromatic nitrogens is 2. The first-order chi connectivity index (χ1) is 18.3. The summed E-state index contributed by atoms with van der Waals surface area (Å²) in [6.07, 6.45) is 0. The summed E-state index contributed by atoms with van der Waals surface area (Å²) in [6.45, 7) is -0.0699. The van der Waals surface area contributed by atoms with Gasteiger partial charge < -0.3 is 9.49 Å². The summed E-state index contributed by atoms with van der Waals surface area (Å²) in [7, 11) is 0. The summed E-state index contributed by atoms with van der Waals surface area (Å²) in [5.41, 5.74) is 10.2. The number of nitrogens with zero attached hydrogens (tertiary/aromatic N) is 3. The van der Waals surface area contributed by atoms with Gasteiger partial charge in [-0.1, -0.05) is 78.5 Å². The van der Waals surface area contributed by atoms with Crippen LogP contribution >= 0.6 is 11.8 Å². The molecule has 0 amide bonds. The monoisotopic (exact) mass is 491 g/mol. The lowest BCUT2D eigenvalue weighted by atomic mass is 9.48. The fourth-order valence-electron chi connectivity index (χ4n) is 6.42. The van der Waals surface area contributed by atoms with Gasteiger partial charge in [0.1, 0.15) is 0 Å². The minimum Gasteiger partial charge on any atom is -0.310 e. The Bertz CT molecular complexity index is 2010. The highest BCUT2D eigenvalue weighted by Crippen LogP contribution is 2.52. The predicted octanol–water partition coefficient (Wildman–Crippen LogP) is 5.67. The predicted molar refractivity (Wildman–Crippen MR) is 152 cm³/mol. The van der Waals surface area contributed by atoms with Crippen LogP contribution in [0.2, 0.25) is 0 Å². The average Bonchev–Trinajstić information content (AvgIpc) is 3.45. The van der Waals surface area contributed by atoms with E-state index in [4.69, 9.17) is 0 Å². The molecule has 172 valence electrons. The Kier molecular flexibility index (Phi) is 3.66. The number of benzene rings is 5. The van der Waals surface area contributed by atoms with E-state index in [9.17, 15) is 4.79 Å². The molecule has 0 spiro atoms. The molecule has 0 fully saturated rings. The molecule has 0 aliphatic carbocycles. The highest BCUT2D eigenvalue weighted by Gasteiger charge is 2.46. The van der Waals surface area contributed by atoms with E-state index < -0.39 is 0 Å². The van der Waals surface area contributed by atoms with Gasteiger partial charge in [-0.05, 0) is 59.1 Å². The molecule has 6 heteroatoms. The van der Waals surface area contributed by atoms with E-state index in [0.29, 0.717) is 0 Å². The van der Waals surface area contributed by atoms with Crippen molar-refractivity contribution >= 4 is 57.5 Å². The highest BCUT2D eigenvalue weighted by atomic mass is 32.2. The quantitative estimate of drug-likeness (QED) is 0.277. The molecule has 37 heavy (non-hydrogen) atoms. The van der Waals surface area contributed by atoms with E-state index >= 15 is 0 Å².